The first-order valence-corrected chi connectivity index (χ1v) is 10.8. The number of guanidine groups is 1. The van der Waals surface area contributed by atoms with E-state index in [-0.39, 0.29) is 24.0 Å². The highest BCUT2D eigenvalue weighted by molar-refractivity contribution is 14.0. The van der Waals surface area contributed by atoms with Crippen LogP contribution >= 0.6 is 24.0 Å². The Balaban J connectivity index is 0.00000341. The van der Waals surface area contributed by atoms with E-state index in [0.717, 1.165) is 43.1 Å². The van der Waals surface area contributed by atoms with E-state index in [4.69, 9.17) is 15.2 Å². The molecule has 170 valence electrons. The van der Waals surface area contributed by atoms with Gasteiger partial charge in [-0.05, 0) is 73.3 Å². The van der Waals surface area contributed by atoms with Crippen LogP contribution in [0, 0.1) is 0 Å². The summed E-state index contributed by atoms with van der Waals surface area (Å²) < 4.78 is 11.4. The lowest BCUT2D eigenvalue weighted by Crippen LogP contribution is -2.27. The Morgan fingerprint density at radius 2 is 1.84 bits per heavy atom. The Morgan fingerprint density at radius 3 is 2.58 bits per heavy atom. The van der Waals surface area contributed by atoms with Crippen LogP contribution in [-0.4, -0.2) is 44.2 Å². The van der Waals surface area contributed by atoms with Crippen LogP contribution in [0.1, 0.15) is 37.0 Å². The molecule has 0 radical (unpaired) electrons. The number of nitrogens with zero attached hydrogens (tertiary/aromatic N) is 2. The molecule has 0 atom stereocenters. The number of aliphatic imine (C=N–C) groups is 1. The fourth-order valence-corrected chi connectivity index (χ4v) is 3.77. The minimum absolute atomic E-state index is 0. The Bertz CT molecular complexity index is 869. The molecule has 0 amide bonds. The van der Waals surface area contributed by atoms with Crippen LogP contribution in [0.3, 0.4) is 0 Å². The normalized spacial score (nSPS) is 13.0. The van der Waals surface area contributed by atoms with Gasteiger partial charge in [-0.1, -0.05) is 26.0 Å². The SMILES string of the molecule is CCN(CC)CCOc1ccc(CN=C(N)Nc2ccc3c(c2)CCC3)cc1OC.I. The van der Waals surface area contributed by atoms with Crippen LogP contribution in [0.2, 0.25) is 0 Å². The van der Waals surface area contributed by atoms with E-state index in [1.165, 1.54) is 24.0 Å². The van der Waals surface area contributed by atoms with Crippen LogP contribution in [0.15, 0.2) is 41.4 Å². The largest absolute Gasteiger partial charge is 0.493 e. The molecule has 0 bridgehead atoms. The van der Waals surface area contributed by atoms with Gasteiger partial charge in [0.1, 0.15) is 6.61 Å². The number of anilines is 1. The lowest BCUT2D eigenvalue weighted by Gasteiger charge is -2.18. The Kier molecular flexibility index (Phi) is 10.4. The summed E-state index contributed by atoms with van der Waals surface area (Å²) in [4.78, 5) is 6.80. The number of nitrogens with one attached hydrogen (secondary N) is 1. The first-order chi connectivity index (χ1) is 14.6. The summed E-state index contributed by atoms with van der Waals surface area (Å²) in [6, 6.07) is 12.3. The predicted octanol–water partition coefficient (Wildman–Crippen LogP) is 4.45. The summed E-state index contributed by atoms with van der Waals surface area (Å²) in [5, 5.41) is 3.20. The average Bonchev–Trinajstić information content (AvgIpc) is 3.23. The maximum atomic E-state index is 6.10. The van der Waals surface area contributed by atoms with Crippen LogP contribution in [0.4, 0.5) is 5.69 Å². The fraction of sp³-hybridized carbons (Fsp3) is 0.458. The summed E-state index contributed by atoms with van der Waals surface area (Å²) in [5.41, 5.74) is 11.0. The Morgan fingerprint density at radius 1 is 1.06 bits per heavy atom. The van der Waals surface area contributed by atoms with E-state index in [9.17, 15) is 0 Å². The quantitative estimate of drug-likeness (QED) is 0.266. The molecule has 2 aromatic carbocycles. The molecule has 1 aliphatic rings. The molecule has 0 spiro atoms. The van der Waals surface area contributed by atoms with Crippen LogP contribution in [0.25, 0.3) is 0 Å². The van der Waals surface area contributed by atoms with E-state index in [0.29, 0.717) is 24.9 Å². The monoisotopic (exact) mass is 538 g/mol. The van der Waals surface area contributed by atoms with Gasteiger partial charge in [0.05, 0.1) is 13.7 Å². The average molecular weight is 538 g/mol. The van der Waals surface area contributed by atoms with Gasteiger partial charge >= 0.3 is 0 Å². The van der Waals surface area contributed by atoms with E-state index in [1.54, 1.807) is 7.11 Å². The second-order valence-electron chi connectivity index (χ2n) is 7.52. The highest BCUT2D eigenvalue weighted by Gasteiger charge is 2.11. The van der Waals surface area contributed by atoms with Crippen molar-refractivity contribution in [3.63, 3.8) is 0 Å². The summed E-state index contributed by atoms with van der Waals surface area (Å²) in [6.07, 6.45) is 3.56. The molecule has 0 unspecified atom stereocenters. The van der Waals surface area contributed by atoms with Gasteiger partial charge in [-0.2, -0.15) is 0 Å². The van der Waals surface area contributed by atoms with Gasteiger partial charge in [-0.3, -0.25) is 0 Å². The molecule has 0 aliphatic heterocycles. The van der Waals surface area contributed by atoms with Crippen molar-refractivity contribution in [3.8, 4) is 11.5 Å². The van der Waals surface area contributed by atoms with Crippen LogP contribution in [-0.2, 0) is 19.4 Å². The second kappa shape index (κ2) is 12.8. The van der Waals surface area contributed by atoms with Gasteiger partial charge in [-0.15, -0.1) is 24.0 Å². The zero-order valence-corrected chi connectivity index (χ0v) is 21.1. The van der Waals surface area contributed by atoms with Crippen molar-refractivity contribution in [3.05, 3.63) is 53.1 Å². The third-order valence-corrected chi connectivity index (χ3v) is 5.59. The van der Waals surface area contributed by atoms with Crippen molar-refractivity contribution in [2.24, 2.45) is 10.7 Å². The maximum absolute atomic E-state index is 6.10. The first kappa shape index (κ1) is 25.3. The Labute approximate surface area is 203 Å². The molecule has 6 nitrogen and oxygen atoms in total. The number of rotatable bonds is 10. The zero-order chi connectivity index (χ0) is 21.3. The molecule has 0 saturated carbocycles. The number of methoxy groups -OCH3 is 1. The number of likely N-dealkylation sites (N-methyl/N-ethyl adjacent to an activating group) is 1. The molecule has 1 aliphatic carbocycles. The molecule has 7 heteroatoms. The molecule has 2 aromatic rings. The van der Waals surface area contributed by atoms with Crippen molar-refractivity contribution >= 4 is 35.6 Å². The molecule has 3 N–H and O–H groups in total. The maximum Gasteiger partial charge on any atom is 0.193 e. The van der Waals surface area contributed by atoms with Gasteiger partial charge in [0.2, 0.25) is 0 Å². The number of fused-ring (bicyclic) bond motifs is 1. The molecular formula is C24H35IN4O2. The number of nitrogens with two attached hydrogens (primary N) is 1. The number of aryl methyl sites for hydroxylation is 2. The molecule has 0 aromatic heterocycles. The molecule has 0 fully saturated rings. The van der Waals surface area contributed by atoms with E-state index in [2.05, 4.69) is 47.3 Å². The number of halogens is 1. The molecule has 31 heavy (non-hydrogen) atoms. The van der Waals surface area contributed by atoms with Gasteiger partial charge in [0.15, 0.2) is 17.5 Å². The lowest BCUT2D eigenvalue weighted by atomic mass is 10.1. The summed E-state index contributed by atoms with van der Waals surface area (Å²) in [7, 11) is 1.66. The van der Waals surface area contributed by atoms with Crippen molar-refractivity contribution in [2.45, 2.75) is 39.7 Å². The zero-order valence-electron chi connectivity index (χ0n) is 18.8. The van der Waals surface area contributed by atoms with Crippen LogP contribution < -0.4 is 20.5 Å². The van der Waals surface area contributed by atoms with E-state index < -0.39 is 0 Å². The highest BCUT2D eigenvalue weighted by Crippen LogP contribution is 2.28. The van der Waals surface area contributed by atoms with Gasteiger partial charge in [0.25, 0.3) is 0 Å². The van der Waals surface area contributed by atoms with Gasteiger partial charge in [-0.25, -0.2) is 4.99 Å². The minimum Gasteiger partial charge on any atom is -0.493 e. The summed E-state index contributed by atoms with van der Waals surface area (Å²) >= 11 is 0. The molecule has 0 saturated heterocycles. The number of benzene rings is 2. The standard InChI is InChI=1S/C24H34N4O2.HI/c1-4-28(5-2)13-14-30-22-12-9-18(15-23(22)29-3)17-26-24(25)27-21-11-10-19-7-6-8-20(19)16-21;/h9-12,15-16H,4-8,13-14,17H2,1-3H3,(H3,25,26,27);1H. The van der Waals surface area contributed by atoms with Crippen molar-refractivity contribution < 1.29 is 9.47 Å². The van der Waals surface area contributed by atoms with Crippen LogP contribution in [0.5, 0.6) is 11.5 Å². The van der Waals surface area contributed by atoms with E-state index in [1.807, 2.05) is 18.2 Å². The topological polar surface area (TPSA) is 72.1 Å². The molecular weight excluding hydrogens is 503 g/mol. The summed E-state index contributed by atoms with van der Waals surface area (Å²) in [5.74, 6) is 1.88. The van der Waals surface area contributed by atoms with Gasteiger partial charge in [0, 0.05) is 12.2 Å². The molecule has 0 heterocycles. The third kappa shape index (κ3) is 7.28. The smallest absolute Gasteiger partial charge is 0.193 e. The number of hydrogen-bond acceptors (Lipinski definition) is 4. The van der Waals surface area contributed by atoms with E-state index >= 15 is 0 Å². The van der Waals surface area contributed by atoms with Gasteiger partial charge < -0.3 is 25.4 Å². The van der Waals surface area contributed by atoms with Crippen molar-refractivity contribution in [1.82, 2.24) is 4.90 Å². The minimum atomic E-state index is 0. The predicted molar refractivity (Wildman–Crippen MR) is 139 cm³/mol. The first-order valence-electron chi connectivity index (χ1n) is 10.8. The second-order valence-corrected chi connectivity index (χ2v) is 7.52. The lowest BCUT2D eigenvalue weighted by molar-refractivity contribution is 0.217. The molecule has 3 rings (SSSR count). The summed E-state index contributed by atoms with van der Waals surface area (Å²) in [6.45, 7) is 8.36. The number of ether oxygens (including phenoxy) is 2. The number of hydrogen-bond donors (Lipinski definition) is 2. The Hall–Kier alpha value is -2.00. The highest BCUT2D eigenvalue weighted by atomic mass is 127. The van der Waals surface area contributed by atoms with Crippen molar-refractivity contribution in [1.29, 1.82) is 0 Å². The third-order valence-electron chi connectivity index (χ3n) is 5.59. The van der Waals surface area contributed by atoms with Crippen molar-refractivity contribution in [2.75, 3.05) is 38.7 Å². The fourth-order valence-electron chi connectivity index (χ4n) is 3.77.